The van der Waals surface area contributed by atoms with Crippen molar-refractivity contribution in [2.24, 2.45) is 0 Å². The van der Waals surface area contributed by atoms with Gasteiger partial charge in [0, 0.05) is 30.6 Å². The first-order valence-electron chi connectivity index (χ1n) is 10.9. The molecule has 0 unspecified atom stereocenters. The van der Waals surface area contributed by atoms with Crippen LogP contribution in [0.3, 0.4) is 0 Å². The van der Waals surface area contributed by atoms with Crippen LogP contribution in [-0.4, -0.2) is 45.8 Å². The van der Waals surface area contributed by atoms with Crippen LogP contribution in [0.1, 0.15) is 45.1 Å². The summed E-state index contributed by atoms with van der Waals surface area (Å²) in [6, 6.07) is 6.87. The van der Waals surface area contributed by atoms with Crippen LogP contribution in [0, 0.1) is 6.92 Å². The van der Waals surface area contributed by atoms with Gasteiger partial charge in [-0.1, -0.05) is 18.1 Å². The minimum absolute atomic E-state index is 0.0759. The number of nitrogens with one attached hydrogen (secondary N) is 1. The van der Waals surface area contributed by atoms with Crippen molar-refractivity contribution < 1.29 is 9.21 Å². The van der Waals surface area contributed by atoms with Gasteiger partial charge in [0.15, 0.2) is 0 Å². The highest BCUT2D eigenvalue weighted by Crippen LogP contribution is 2.24. The predicted molar refractivity (Wildman–Crippen MR) is 118 cm³/mol. The molecule has 1 N–H and O–H groups in total. The smallest absolute Gasteiger partial charge is 0.347 e. The van der Waals surface area contributed by atoms with E-state index in [2.05, 4.69) is 29.2 Å². The molecular formula is C23H30N4O3. The number of nitrogens with zero attached hydrogens (tertiary/aromatic N) is 3. The summed E-state index contributed by atoms with van der Waals surface area (Å²) in [5, 5.41) is 8.48. The summed E-state index contributed by atoms with van der Waals surface area (Å²) < 4.78 is 6.98. The molecule has 1 fully saturated rings. The van der Waals surface area contributed by atoms with Crippen LogP contribution in [0.5, 0.6) is 0 Å². The largest absolute Gasteiger partial charge is 0.422 e. The Hall–Kier alpha value is -2.67. The van der Waals surface area contributed by atoms with Gasteiger partial charge in [0.25, 0.3) is 0 Å². The molecule has 4 rings (SSSR count). The van der Waals surface area contributed by atoms with E-state index in [0.29, 0.717) is 35.1 Å². The average molecular weight is 411 g/mol. The zero-order valence-electron chi connectivity index (χ0n) is 18.0. The fourth-order valence-corrected chi connectivity index (χ4v) is 4.61. The zero-order chi connectivity index (χ0) is 21.3. The number of aryl methyl sites for hydroxylation is 1. The molecule has 0 spiro atoms. The van der Waals surface area contributed by atoms with Crippen LogP contribution >= 0.6 is 0 Å². The van der Waals surface area contributed by atoms with Gasteiger partial charge in [-0.3, -0.25) is 14.4 Å². The quantitative estimate of drug-likeness (QED) is 0.499. The maximum Gasteiger partial charge on any atom is 0.347 e. The van der Waals surface area contributed by atoms with Crippen molar-refractivity contribution in [3.8, 4) is 0 Å². The zero-order valence-corrected chi connectivity index (χ0v) is 18.0. The number of rotatable bonds is 6. The van der Waals surface area contributed by atoms with Gasteiger partial charge in [-0.2, -0.15) is 5.10 Å². The van der Waals surface area contributed by atoms with Gasteiger partial charge in [0.1, 0.15) is 17.5 Å². The van der Waals surface area contributed by atoms with E-state index in [4.69, 9.17) is 4.42 Å². The molecule has 3 heterocycles. The Kier molecular flexibility index (Phi) is 5.90. The summed E-state index contributed by atoms with van der Waals surface area (Å²) in [7, 11) is 0. The van der Waals surface area contributed by atoms with E-state index in [9.17, 15) is 9.59 Å². The number of carbonyl (C=O) groups is 1. The van der Waals surface area contributed by atoms with Gasteiger partial charge in [-0.05, 0) is 52.2 Å². The fraction of sp³-hybridized carbons (Fsp3) is 0.522. The minimum atomic E-state index is -0.433. The molecule has 0 bridgehead atoms. The van der Waals surface area contributed by atoms with Crippen molar-refractivity contribution in [3.05, 3.63) is 40.4 Å². The van der Waals surface area contributed by atoms with Crippen molar-refractivity contribution in [2.75, 3.05) is 13.1 Å². The molecule has 0 aliphatic carbocycles. The molecule has 1 aliphatic heterocycles. The summed E-state index contributed by atoms with van der Waals surface area (Å²) in [5.41, 5.74) is 1.77. The number of carbonyl (C=O) groups excluding carboxylic acids is 1. The van der Waals surface area contributed by atoms with Gasteiger partial charge >= 0.3 is 5.63 Å². The molecule has 7 nitrogen and oxygen atoms in total. The Balaban J connectivity index is 1.42. The number of likely N-dealkylation sites (tertiary alicyclic amines) is 1. The second-order valence-corrected chi connectivity index (χ2v) is 8.52. The van der Waals surface area contributed by atoms with E-state index in [-0.39, 0.29) is 12.5 Å². The third-order valence-electron chi connectivity index (χ3n) is 6.24. The summed E-state index contributed by atoms with van der Waals surface area (Å²) in [4.78, 5) is 27.3. The second-order valence-electron chi connectivity index (χ2n) is 8.52. The number of aromatic nitrogens is 2. The van der Waals surface area contributed by atoms with E-state index in [1.54, 1.807) is 10.7 Å². The molecule has 3 aromatic rings. The van der Waals surface area contributed by atoms with Crippen molar-refractivity contribution >= 4 is 27.8 Å². The maximum atomic E-state index is 12.5. The lowest BCUT2D eigenvalue weighted by Gasteiger charge is -2.39. The van der Waals surface area contributed by atoms with Gasteiger partial charge in [-0.15, -0.1) is 0 Å². The standard InChI is InChI=1S/C23H30N4O3/c1-15-8-9-20-18(12-15)22-19(23(29)30-20)13-25-27(22)14-21(28)24-10-5-11-26-16(2)6-4-7-17(26)3/h8-9,12-13,16-17H,4-7,10-11,14H2,1-3H3,(H,24,28)/t16-,17-/m0/s1. The van der Waals surface area contributed by atoms with Crippen molar-refractivity contribution in [3.63, 3.8) is 0 Å². The van der Waals surface area contributed by atoms with Crippen molar-refractivity contribution in [2.45, 2.75) is 65.1 Å². The highest BCUT2D eigenvalue weighted by molar-refractivity contribution is 6.02. The normalized spacial score (nSPS) is 20.1. The van der Waals surface area contributed by atoms with Crippen LogP contribution in [0.25, 0.3) is 21.9 Å². The van der Waals surface area contributed by atoms with E-state index in [0.717, 1.165) is 23.9 Å². The monoisotopic (exact) mass is 410 g/mol. The molecule has 2 atom stereocenters. The molecule has 0 saturated carbocycles. The topological polar surface area (TPSA) is 80.4 Å². The van der Waals surface area contributed by atoms with E-state index >= 15 is 0 Å². The van der Waals surface area contributed by atoms with Gasteiger partial charge in [0.2, 0.25) is 5.91 Å². The molecule has 1 aliphatic rings. The van der Waals surface area contributed by atoms with Crippen LogP contribution in [0.4, 0.5) is 0 Å². The number of fused-ring (bicyclic) bond motifs is 3. The Morgan fingerprint density at radius 3 is 2.77 bits per heavy atom. The van der Waals surface area contributed by atoms with E-state index in [1.807, 2.05) is 19.1 Å². The molecule has 1 aromatic carbocycles. The molecule has 7 heteroatoms. The number of hydrogen-bond donors (Lipinski definition) is 1. The second kappa shape index (κ2) is 8.60. The van der Waals surface area contributed by atoms with Gasteiger partial charge in [-0.25, -0.2) is 4.79 Å². The SMILES string of the molecule is Cc1ccc2oc(=O)c3cnn(CC(=O)NCCCN4[C@@H](C)CCC[C@@H]4C)c3c2c1. The van der Waals surface area contributed by atoms with Crippen LogP contribution < -0.4 is 10.9 Å². The third-order valence-corrected chi connectivity index (χ3v) is 6.24. The Labute approximate surface area is 176 Å². The van der Waals surface area contributed by atoms with Crippen molar-refractivity contribution in [1.29, 1.82) is 0 Å². The first-order valence-corrected chi connectivity index (χ1v) is 10.9. The molecular weight excluding hydrogens is 380 g/mol. The van der Waals surface area contributed by atoms with Crippen LogP contribution in [0.2, 0.25) is 0 Å². The van der Waals surface area contributed by atoms with E-state index in [1.165, 1.54) is 25.5 Å². The summed E-state index contributed by atoms with van der Waals surface area (Å²) in [5.74, 6) is -0.103. The first-order chi connectivity index (χ1) is 14.4. The first kappa shape index (κ1) is 20.6. The van der Waals surface area contributed by atoms with Gasteiger partial charge < -0.3 is 9.73 Å². The Morgan fingerprint density at radius 1 is 1.23 bits per heavy atom. The third kappa shape index (κ3) is 4.12. The lowest BCUT2D eigenvalue weighted by molar-refractivity contribution is -0.121. The number of amides is 1. The molecule has 160 valence electrons. The van der Waals surface area contributed by atoms with E-state index < -0.39 is 5.63 Å². The summed E-state index contributed by atoms with van der Waals surface area (Å²) >= 11 is 0. The molecule has 2 aromatic heterocycles. The predicted octanol–water partition coefficient (Wildman–Crippen LogP) is 3.22. The Bertz CT molecular complexity index is 1110. The summed E-state index contributed by atoms with van der Waals surface area (Å²) in [6.07, 6.45) is 6.22. The number of piperidine rings is 1. The van der Waals surface area contributed by atoms with Gasteiger partial charge in [0.05, 0.1) is 11.7 Å². The minimum Gasteiger partial charge on any atom is -0.422 e. The lowest BCUT2D eigenvalue weighted by atomic mass is 9.97. The molecule has 1 saturated heterocycles. The molecule has 30 heavy (non-hydrogen) atoms. The lowest BCUT2D eigenvalue weighted by Crippen LogP contribution is -2.44. The Morgan fingerprint density at radius 2 is 2.00 bits per heavy atom. The number of hydrogen-bond acceptors (Lipinski definition) is 5. The van der Waals surface area contributed by atoms with Crippen molar-refractivity contribution in [1.82, 2.24) is 20.0 Å². The molecule has 1 amide bonds. The van der Waals surface area contributed by atoms with Crippen LogP contribution in [-0.2, 0) is 11.3 Å². The highest BCUT2D eigenvalue weighted by atomic mass is 16.4. The molecule has 0 radical (unpaired) electrons. The maximum absolute atomic E-state index is 12.5. The summed E-state index contributed by atoms with van der Waals surface area (Å²) in [6.45, 7) is 8.27. The fourth-order valence-electron chi connectivity index (χ4n) is 4.61. The number of benzene rings is 1. The average Bonchev–Trinajstić information content (AvgIpc) is 3.12. The van der Waals surface area contributed by atoms with Crippen LogP contribution in [0.15, 0.2) is 33.6 Å². The highest BCUT2D eigenvalue weighted by Gasteiger charge is 2.23.